The van der Waals surface area contributed by atoms with Crippen molar-refractivity contribution >= 4 is 28.2 Å². The molecule has 4 aromatic rings. The molecule has 8 nitrogen and oxygen atoms in total. The Morgan fingerprint density at radius 3 is 2.90 bits per heavy atom. The molecule has 29 heavy (non-hydrogen) atoms. The van der Waals surface area contributed by atoms with Gasteiger partial charge in [-0.15, -0.1) is 11.3 Å². The highest BCUT2D eigenvalue weighted by Crippen LogP contribution is 2.23. The minimum atomic E-state index is 0.0107. The number of pyridine rings is 2. The lowest BCUT2D eigenvalue weighted by Crippen LogP contribution is -2.27. The van der Waals surface area contributed by atoms with E-state index < -0.39 is 0 Å². The van der Waals surface area contributed by atoms with E-state index in [2.05, 4.69) is 19.9 Å². The van der Waals surface area contributed by atoms with Crippen molar-refractivity contribution in [3.8, 4) is 5.13 Å². The molecule has 1 fully saturated rings. The van der Waals surface area contributed by atoms with Crippen molar-refractivity contribution in [2.24, 2.45) is 5.73 Å². The number of hydrogen-bond acceptors (Lipinski definition) is 7. The molecule has 0 radical (unpaired) electrons. The zero-order valence-electron chi connectivity index (χ0n) is 15.8. The van der Waals surface area contributed by atoms with Gasteiger partial charge in [-0.2, -0.15) is 0 Å². The number of anilines is 1. The molecule has 5 rings (SSSR count). The van der Waals surface area contributed by atoms with E-state index in [1.165, 1.54) is 11.3 Å². The predicted octanol–water partition coefficient (Wildman–Crippen LogP) is 1.89. The van der Waals surface area contributed by atoms with Crippen molar-refractivity contribution in [2.75, 3.05) is 18.0 Å². The van der Waals surface area contributed by atoms with Crippen LogP contribution >= 0.6 is 11.3 Å². The number of nitrogens with one attached hydrogen (secondary N) is 1. The van der Waals surface area contributed by atoms with E-state index in [-0.39, 0.29) is 11.5 Å². The van der Waals surface area contributed by atoms with E-state index in [9.17, 15) is 4.79 Å². The van der Waals surface area contributed by atoms with Crippen LogP contribution in [0.15, 0.2) is 47.1 Å². The van der Waals surface area contributed by atoms with Crippen LogP contribution in [0, 0.1) is 0 Å². The fraction of sp³-hybridized carbons (Fsp3) is 0.300. The second kappa shape index (κ2) is 7.41. The standard InChI is InChI=1S/C20H21N7OS/c21-14-5-9-26(12-14)17-4-2-15-18(28)13(1-3-16-22-6-7-23-16)11-27(19(15)25-17)20-24-8-10-29-20/h2,4,6-8,10-11,14H,1,3,5,9,12,21H2,(H,22,23). The van der Waals surface area contributed by atoms with Crippen LogP contribution in [0.1, 0.15) is 17.8 Å². The Morgan fingerprint density at radius 2 is 2.17 bits per heavy atom. The van der Waals surface area contributed by atoms with Gasteiger partial charge in [-0.1, -0.05) is 0 Å². The topological polar surface area (TPSA) is 106 Å². The minimum Gasteiger partial charge on any atom is -0.355 e. The maximum atomic E-state index is 13.2. The Labute approximate surface area is 171 Å². The summed E-state index contributed by atoms with van der Waals surface area (Å²) in [5.41, 5.74) is 7.42. The van der Waals surface area contributed by atoms with Gasteiger partial charge in [0.15, 0.2) is 16.2 Å². The van der Waals surface area contributed by atoms with E-state index in [0.29, 0.717) is 23.9 Å². The van der Waals surface area contributed by atoms with Gasteiger partial charge in [0.2, 0.25) is 0 Å². The number of aromatic nitrogens is 5. The van der Waals surface area contributed by atoms with Gasteiger partial charge in [-0.25, -0.2) is 15.0 Å². The number of rotatable bonds is 5. The average molecular weight is 408 g/mol. The summed E-state index contributed by atoms with van der Waals surface area (Å²) in [5, 5.41) is 3.31. The number of hydrogen-bond donors (Lipinski definition) is 2. The summed E-state index contributed by atoms with van der Waals surface area (Å²) in [6.07, 6.45) is 9.36. The van der Waals surface area contributed by atoms with Crippen LogP contribution < -0.4 is 16.1 Å². The van der Waals surface area contributed by atoms with E-state index in [4.69, 9.17) is 10.7 Å². The molecule has 3 N–H and O–H groups in total. The molecule has 1 atom stereocenters. The van der Waals surface area contributed by atoms with Gasteiger partial charge in [0, 0.05) is 61.3 Å². The van der Waals surface area contributed by atoms with Crippen LogP contribution in [-0.2, 0) is 12.8 Å². The fourth-order valence-corrected chi connectivity index (χ4v) is 4.38. The first kappa shape index (κ1) is 18.0. The molecule has 1 aliphatic rings. The summed E-state index contributed by atoms with van der Waals surface area (Å²) in [7, 11) is 0. The molecule has 0 spiro atoms. The van der Waals surface area contributed by atoms with Crippen LogP contribution in [0.4, 0.5) is 5.82 Å². The first-order valence-corrected chi connectivity index (χ1v) is 10.5. The second-order valence-electron chi connectivity index (χ2n) is 7.24. The highest BCUT2D eigenvalue weighted by molar-refractivity contribution is 7.12. The fourth-order valence-electron chi connectivity index (χ4n) is 3.77. The van der Waals surface area contributed by atoms with Gasteiger partial charge in [0.25, 0.3) is 0 Å². The van der Waals surface area contributed by atoms with E-state index in [1.807, 2.05) is 28.3 Å². The third-order valence-electron chi connectivity index (χ3n) is 5.27. The molecule has 0 aliphatic carbocycles. The molecular formula is C20H21N7OS. The van der Waals surface area contributed by atoms with Gasteiger partial charge in [0.05, 0.1) is 5.39 Å². The molecule has 5 heterocycles. The molecule has 0 amide bonds. The number of nitrogens with two attached hydrogens (primary N) is 1. The molecule has 1 aliphatic heterocycles. The highest BCUT2D eigenvalue weighted by atomic mass is 32.1. The molecule has 148 valence electrons. The normalized spacial score (nSPS) is 16.7. The van der Waals surface area contributed by atoms with Gasteiger partial charge in [-0.3, -0.25) is 9.36 Å². The van der Waals surface area contributed by atoms with Gasteiger partial charge < -0.3 is 15.6 Å². The zero-order valence-corrected chi connectivity index (χ0v) is 16.6. The summed E-state index contributed by atoms with van der Waals surface area (Å²) >= 11 is 1.52. The summed E-state index contributed by atoms with van der Waals surface area (Å²) in [6.45, 7) is 1.66. The van der Waals surface area contributed by atoms with Crippen LogP contribution in [-0.4, -0.2) is 43.6 Å². The lowest BCUT2D eigenvalue weighted by atomic mass is 10.1. The number of nitrogens with zero attached hydrogens (tertiary/aromatic N) is 5. The number of aryl methyl sites for hydroxylation is 2. The number of fused-ring (bicyclic) bond motifs is 1. The zero-order chi connectivity index (χ0) is 19.8. The summed E-state index contributed by atoms with van der Waals surface area (Å²) in [6, 6.07) is 3.96. The molecule has 1 saturated heterocycles. The predicted molar refractivity (Wildman–Crippen MR) is 114 cm³/mol. The quantitative estimate of drug-likeness (QED) is 0.523. The highest BCUT2D eigenvalue weighted by Gasteiger charge is 2.22. The lowest BCUT2D eigenvalue weighted by molar-refractivity contribution is 0.751. The lowest BCUT2D eigenvalue weighted by Gasteiger charge is -2.18. The van der Waals surface area contributed by atoms with Crippen molar-refractivity contribution < 1.29 is 0 Å². The van der Waals surface area contributed by atoms with Crippen LogP contribution in [0.25, 0.3) is 16.2 Å². The van der Waals surface area contributed by atoms with Crippen LogP contribution in [0.2, 0.25) is 0 Å². The van der Waals surface area contributed by atoms with Gasteiger partial charge >= 0.3 is 0 Å². The van der Waals surface area contributed by atoms with Gasteiger partial charge in [0.1, 0.15) is 11.6 Å². The molecule has 1 unspecified atom stereocenters. The second-order valence-corrected chi connectivity index (χ2v) is 8.11. The maximum absolute atomic E-state index is 13.2. The van der Waals surface area contributed by atoms with E-state index >= 15 is 0 Å². The average Bonchev–Trinajstić information content (AvgIpc) is 3.50. The number of thiazole rings is 1. The van der Waals surface area contributed by atoms with Crippen molar-refractivity contribution in [3.63, 3.8) is 0 Å². The Kier molecular flexibility index (Phi) is 4.61. The van der Waals surface area contributed by atoms with Crippen molar-refractivity contribution in [2.45, 2.75) is 25.3 Å². The molecule has 0 bridgehead atoms. The Hall–Kier alpha value is -3.04. The molecule has 4 aromatic heterocycles. The van der Waals surface area contributed by atoms with Crippen molar-refractivity contribution in [1.82, 2.24) is 24.5 Å². The number of aromatic amines is 1. The van der Waals surface area contributed by atoms with E-state index in [0.717, 1.165) is 41.8 Å². The number of H-pyrrole nitrogens is 1. The molecule has 0 saturated carbocycles. The Bertz CT molecular complexity index is 1180. The molecule has 9 heteroatoms. The van der Waals surface area contributed by atoms with Crippen LogP contribution in [0.3, 0.4) is 0 Å². The smallest absolute Gasteiger partial charge is 0.195 e. The summed E-state index contributed by atoms with van der Waals surface area (Å²) < 4.78 is 1.93. The Balaban J connectivity index is 1.61. The van der Waals surface area contributed by atoms with E-state index in [1.54, 1.807) is 18.6 Å². The third kappa shape index (κ3) is 3.43. The first-order chi connectivity index (χ1) is 14.2. The number of imidazole rings is 1. The molecular weight excluding hydrogens is 386 g/mol. The monoisotopic (exact) mass is 407 g/mol. The maximum Gasteiger partial charge on any atom is 0.195 e. The largest absolute Gasteiger partial charge is 0.355 e. The van der Waals surface area contributed by atoms with Crippen molar-refractivity contribution in [3.05, 3.63) is 63.9 Å². The van der Waals surface area contributed by atoms with Crippen LogP contribution in [0.5, 0.6) is 0 Å². The van der Waals surface area contributed by atoms with Gasteiger partial charge in [-0.05, 0) is 25.0 Å². The third-order valence-corrected chi connectivity index (χ3v) is 6.04. The SMILES string of the molecule is NC1CCN(c2ccc3c(=O)c(CCc4ncc[nH]4)cn(-c4nccs4)c3n2)C1. The summed E-state index contributed by atoms with van der Waals surface area (Å²) in [5.74, 6) is 1.71. The first-order valence-electron chi connectivity index (χ1n) is 9.63. The molecule has 0 aromatic carbocycles. The summed E-state index contributed by atoms with van der Waals surface area (Å²) in [4.78, 5) is 32.0. The Morgan fingerprint density at radius 1 is 1.24 bits per heavy atom. The minimum absolute atomic E-state index is 0.0107. The van der Waals surface area contributed by atoms with Crippen molar-refractivity contribution in [1.29, 1.82) is 0 Å².